The van der Waals surface area contributed by atoms with E-state index < -0.39 is 47.9 Å². The monoisotopic (exact) mass is 570 g/mol. The second-order valence-corrected chi connectivity index (χ2v) is 11.2. The third kappa shape index (κ3) is 4.11. The van der Waals surface area contributed by atoms with Crippen molar-refractivity contribution in [1.29, 1.82) is 0 Å². The smallest absolute Gasteiger partial charge is 0.379 e. The zero-order chi connectivity index (χ0) is 28.4. The van der Waals surface area contributed by atoms with Gasteiger partial charge in [-0.05, 0) is 78.6 Å². The zero-order valence-corrected chi connectivity index (χ0v) is 22.3. The molecule has 5 aliphatic rings. The molecule has 9 nitrogen and oxygen atoms in total. The number of hydrogen-bond acceptors (Lipinski definition) is 7. The van der Waals surface area contributed by atoms with Crippen molar-refractivity contribution < 1.29 is 33.1 Å². The number of halogens is 1. The Hall–Kier alpha value is -4.50. The summed E-state index contributed by atoms with van der Waals surface area (Å²) in [5, 5.41) is 1.95. The van der Waals surface area contributed by atoms with Crippen LogP contribution in [-0.4, -0.2) is 46.0 Å². The molecule has 8 rings (SSSR count). The Morgan fingerprint density at radius 3 is 2.17 bits per heavy atom. The fraction of sp³-hybridized carbons (Fsp3) is 0.258. The van der Waals surface area contributed by atoms with Gasteiger partial charge in [-0.15, -0.1) is 0 Å². The lowest BCUT2D eigenvalue weighted by Crippen LogP contribution is -2.52. The van der Waals surface area contributed by atoms with Crippen molar-refractivity contribution in [3.05, 3.63) is 101 Å². The van der Waals surface area contributed by atoms with Crippen LogP contribution < -0.4 is 4.74 Å². The van der Waals surface area contributed by atoms with Gasteiger partial charge in [0.1, 0.15) is 12.3 Å². The Balaban J connectivity index is 1.16. The third-order valence-corrected chi connectivity index (χ3v) is 8.95. The first-order valence-electron chi connectivity index (χ1n) is 13.3. The second-order valence-electron chi connectivity index (χ2n) is 10.8. The Morgan fingerprint density at radius 2 is 1.56 bits per heavy atom. The number of benzene rings is 2. The minimum absolute atomic E-state index is 0.0281. The Labute approximate surface area is 239 Å². The minimum Gasteiger partial charge on any atom is -0.457 e. The number of hydrazine groups is 1. The van der Waals surface area contributed by atoms with Crippen LogP contribution in [0, 0.1) is 35.5 Å². The number of nitrogens with zero attached hydrogens (tertiary/aromatic N) is 2. The van der Waals surface area contributed by atoms with E-state index in [1.165, 1.54) is 48.7 Å². The van der Waals surface area contributed by atoms with Crippen LogP contribution in [0.15, 0.2) is 83.5 Å². The van der Waals surface area contributed by atoms with Crippen molar-refractivity contribution in [3.8, 4) is 5.75 Å². The molecule has 2 aromatic carbocycles. The van der Waals surface area contributed by atoms with Crippen molar-refractivity contribution in [2.45, 2.75) is 6.42 Å². The van der Waals surface area contributed by atoms with E-state index >= 15 is 0 Å². The highest BCUT2D eigenvalue weighted by Gasteiger charge is 2.68. The summed E-state index contributed by atoms with van der Waals surface area (Å²) in [5.41, 5.74) is 0.265. The van der Waals surface area contributed by atoms with E-state index in [4.69, 9.17) is 20.8 Å². The normalized spacial score (nSPS) is 26.9. The van der Waals surface area contributed by atoms with E-state index in [-0.39, 0.29) is 39.5 Å². The van der Waals surface area contributed by atoms with Crippen molar-refractivity contribution >= 4 is 41.1 Å². The number of carbonyl (C=O) groups excluding carboxylic acids is 5. The van der Waals surface area contributed by atoms with Crippen LogP contribution in [0.4, 0.5) is 0 Å². The number of Topliss-reactive ketones (excluding diaryl/α,β-unsaturated/α-hetero) is 1. The molecule has 2 saturated carbocycles. The summed E-state index contributed by atoms with van der Waals surface area (Å²) in [5.74, 6) is -3.04. The largest absolute Gasteiger partial charge is 0.457 e. The maximum absolute atomic E-state index is 13.8. The number of esters is 1. The number of amides is 3. The molecule has 1 saturated heterocycles. The van der Waals surface area contributed by atoms with Gasteiger partial charge in [-0.25, -0.2) is 9.80 Å². The highest BCUT2D eigenvalue weighted by molar-refractivity contribution is 6.34. The lowest BCUT2D eigenvalue weighted by Gasteiger charge is -2.37. The molecule has 3 aromatic rings. The first-order valence-corrected chi connectivity index (χ1v) is 13.7. The van der Waals surface area contributed by atoms with Gasteiger partial charge in [0, 0.05) is 5.56 Å². The topological polar surface area (TPSA) is 114 Å². The van der Waals surface area contributed by atoms with Crippen molar-refractivity contribution in [1.82, 2.24) is 10.0 Å². The average Bonchev–Trinajstić information content (AvgIpc) is 3.54. The van der Waals surface area contributed by atoms with Crippen molar-refractivity contribution in [2.75, 3.05) is 6.54 Å². The number of rotatable bonds is 7. The molecule has 4 aliphatic carbocycles. The van der Waals surface area contributed by atoms with Crippen LogP contribution >= 0.6 is 11.6 Å². The van der Waals surface area contributed by atoms with Crippen LogP contribution in [0.25, 0.3) is 0 Å². The molecule has 2 heterocycles. The molecular formula is C31H23ClN2O7. The number of ether oxygens (including phenoxy) is 1. The van der Waals surface area contributed by atoms with Gasteiger partial charge in [0.05, 0.1) is 28.7 Å². The summed E-state index contributed by atoms with van der Waals surface area (Å²) in [6.45, 7) is -0.567. The van der Waals surface area contributed by atoms with Crippen molar-refractivity contribution in [3.63, 3.8) is 0 Å². The van der Waals surface area contributed by atoms with Gasteiger partial charge < -0.3 is 9.15 Å². The Kier molecular flexibility index (Phi) is 5.93. The molecule has 41 heavy (non-hydrogen) atoms. The maximum atomic E-state index is 13.8. The summed E-state index contributed by atoms with van der Waals surface area (Å²) in [7, 11) is 0. The zero-order valence-electron chi connectivity index (χ0n) is 21.5. The fourth-order valence-electron chi connectivity index (χ4n) is 6.67. The van der Waals surface area contributed by atoms with Gasteiger partial charge in [-0.3, -0.25) is 19.2 Å². The molecule has 0 spiro atoms. The van der Waals surface area contributed by atoms with Gasteiger partial charge in [0.2, 0.25) is 5.76 Å². The van der Waals surface area contributed by atoms with Crippen LogP contribution in [0.1, 0.15) is 37.7 Å². The second kappa shape index (κ2) is 9.55. The molecule has 3 fully saturated rings. The lowest BCUT2D eigenvalue weighted by molar-refractivity contribution is -0.154. The third-order valence-electron chi connectivity index (χ3n) is 8.62. The fourth-order valence-corrected chi connectivity index (χ4v) is 6.89. The quantitative estimate of drug-likeness (QED) is 0.136. The van der Waals surface area contributed by atoms with Crippen molar-refractivity contribution in [2.24, 2.45) is 35.5 Å². The lowest BCUT2D eigenvalue weighted by atomic mass is 9.63. The first-order chi connectivity index (χ1) is 19.8. The van der Waals surface area contributed by atoms with E-state index in [1.54, 1.807) is 18.2 Å². The SMILES string of the molecule is O=C(CN(C(=O)c1ccccc1Cl)N1C(=O)[C@@H]2[C@H]3C=C[C@@H]([C@@H]4C[C@H]34)[C@H]2C1=O)c1ccc(OC(=O)c2ccco2)cc1. The molecule has 6 atom stereocenters. The van der Waals surface area contributed by atoms with Gasteiger partial charge in [-0.1, -0.05) is 35.9 Å². The van der Waals surface area contributed by atoms with Gasteiger partial charge in [0.25, 0.3) is 17.7 Å². The number of imide groups is 1. The molecule has 206 valence electrons. The molecule has 0 radical (unpaired) electrons. The molecular weight excluding hydrogens is 548 g/mol. The number of furan rings is 1. The number of allylic oxidation sites excluding steroid dienone is 2. The molecule has 10 heteroatoms. The highest BCUT2D eigenvalue weighted by Crippen LogP contribution is 2.65. The highest BCUT2D eigenvalue weighted by atomic mass is 35.5. The molecule has 0 unspecified atom stereocenters. The molecule has 1 aromatic heterocycles. The minimum atomic E-state index is -0.723. The van der Waals surface area contributed by atoms with Crippen LogP contribution in [0.2, 0.25) is 5.02 Å². The summed E-state index contributed by atoms with van der Waals surface area (Å²) in [6.07, 6.45) is 6.44. The Bertz CT molecular complexity index is 1590. The molecule has 1 aliphatic heterocycles. The summed E-state index contributed by atoms with van der Waals surface area (Å²) in [6, 6.07) is 15.1. The van der Waals surface area contributed by atoms with Gasteiger partial charge >= 0.3 is 5.97 Å². The van der Waals surface area contributed by atoms with Gasteiger partial charge in [0.15, 0.2) is 5.78 Å². The van der Waals surface area contributed by atoms with Crippen LogP contribution in [-0.2, 0) is 9.59 Å². The van der Waals surface area contributed by atoms with Crippen LogP contribution in [0.3, 0.4) is 0 Å². The molecule has 2 bridgehead atoms. The maximum Gasteiger partial charge on any atom is 0.379 e. The predicted molar refractivity (Wildman–Crippen MR) is 143 cm³/mol. The van der Waals surface area contributed by atoms with Crippen LogP contribution in [0.5, 0.6) is 5.75 Å². The first kappa shape index (κ1) is 25.5. The average molecular weight is 571 g/mol. The van der Waals surface area contributed by atoms with Gasteiger partial charge in [-0.2, -0.15) is 5.01 Å². The van der Waals surface area contributed by atoms with E-state index in [1.807, 2.05) is 12.2 Å². The van der Waals surface area contributed by atoms with E-state index in [0.717, 1.165) is 16.4 Å². The van der Waals surface area contributed by atoms with E-state index in [0.29, 0.717) is 11.8 Å². The van der Waals surface area contributed by atoms with E-state index in [2.05, 4.69) is 0 Å². The summed E-state index contributed by atoms with van der Waals surface area (Å²) < 4.78 is 10.3. The molecule has 3 amide bonds. The number of hydrogen-bond donors (Lipinski definition) is 0. The molecule has 0 N–H and O–H groups in total. The number of carbonyl (C=O) groups is 5. The summed E-state index contributed by atoms with van der Waals surface area (Å²) in [4.78, 5) is 67.1. The Morgan fingerprint density at radius 1 is 0.902 bits per heavy atom. The van der Waals surface area contributed by atoms with E-state index in [9.17, 15) is 24.0 Å². The number of ketones is 1. The predicted octanol–water partition coefficient (Wildman–Crippen LogP) is 4.45. The summed E-state index contributed by atoms with van der Waals surface area (Å²) >= 11 is 6.32. The standard InChI is InChI=1S/C31H23ClN2O7/c32-23-5-2-1-4-20(23)28(36)33(34-29(37)26-18-11-12-19(22-14-21(18)22)27(26)30(34)38)15-24(35)16-7-9-17(10-8-16)41-31(39)25-6-3-13-40-25/h1-13,18-19,21-22,26-27H,14-15H2/t18-,19-,21-,22+,26+,27+/m0/s1.